The molecular formula is C22H27BrN6O2S. The third-order valence-electron chi connectivity index (χ3n) is 6.14. The first-order valence-electron chi connectivity index (χ1n) is 11.0. The average molecular weight is 519 g/mol. The van der Waals surface area contributed by atoms with Gasteiger partial charge in [0.25, 0.3) is 5.91 Å². The molecule has 1 fully saturated rings. The third kappa shape index (κ3) is 3.77. The number of rotatable bonds is 6. The number of carbonyl (C=O) groups excluding carboxylic acids is 1. The maximum absolute atomic E-state index is 13.6. The predicted molar refractivity (Wildman–Crippen MR) is 132 cm³/mol. The first kappa shape index (κ1) is 21.6. The predicted octanol–water partition coefficient (Wildman–Crippen LogP) is 3.66. The van der Waals surface area contributed by atoms with Crippen LogP contribution in [0.2, 0.25) is 0 Å². The fourth-order valence-electron chi connectivity index (χ4n) is 4.49. The number of methoxy groups -OCH3 is 1. The number of hydrogen-bond donors (Lipinski definition) is 1. The highest BCUT2D eigenvalue weighted by Gasteiger charge is 2.41. The summed E-state index contributed by atoms with van der Waals surface area (Å²) in [6.45, 7) is 4.53. The fraction of sp³-hybridized carbons (Fsp3) is 0.500. The molecule has 1 aromatic heterocycles. The van der Waals surface area contributed by atoms with Gasteiger partial charge in [-0.2, -0.15) is 16.7 Å². The van der Waals surface area contributed by atoms with Crippen LogP contribution in [0.25, 0.3) is 0 Å². The molecule has 170 valence electrons. The second kappa shape index (κ2) is 8.97. The van der Waals surface area contributed by atoms with Gasteiger partial charge in [-0.15, -0.1) is 0 Å². The van der Waals surface area contributed by atoms with Gasteiger partial charge >= 0.3 is 0 Å². The molecule has 0 spiro atoms. The first-order chi connectivity index (χ1) is 15.6. The number of aromatic nitrogens is 2. The number of hydrogen-bond acceptors (Lipinski definition) is 7. The molecule has 1 N–H and O–H groups in total. The summed E-state index contributed by atoms with van der Waals surface area (Å²) < 4.78 is 8.32. The second-order valence-electron chi connectivity index (χ2n) is 8.08. The Bertz CT molecular complexity index is 1060. The molecule has 0 bridgehead atoms. The number of thioether (sulfide) groups is 1. The van der Waals surface area contributed by atoms with Crippen molar-refractivity contribution < 1.29 is 9.53 Å². The Hall–Kier alpha value is -2.20. The number of imidazole rings is 1. The van der Waals surface area contributed by atoms with E-state index in [-0.39, 0.29) is 5.91 Å². The van der Waals surface area contributed by atoms with E-state index in [9.17, 15) is 4.79 Å². The molecule has 3 aliphatic rings. The van der Waals surface area contributed by atoms with Crippen LogP contribution >= 0.6 is 27.7 Å². The highest BCUT2D eigenvalue weighted by atomic mass is 79.9. The van der Waals surface area contributed by atoms with E-state index in [1.165, 1.54) is 0 Å². The second-order valence-corrected chi connectivity index (χ2v) is 10.2. The standard InChI is InChI=1S/C22H27BrN6O2S/c1-3-27-20(30)18-19(28-9-8-24-22(27)28)26-21(25-15-6-10-32-11-7-15)29(18)13-14-4-5-17(31-2)16(23)12-14/h4-5,12,15H,3,6-11,13H2,1-2H3,(H,25,26). The van der Waals surface area contributed by atoms with Crippen molar-refractivity contribution in [1.29, 1.82) is 0 Å². The van der Waals surface area contributed by atoms with Crippen molar-refractivity contribution in [3.05, 3.63) is 33.9 Å². The molecule has 1 amide bonds. The number of ether oxygens (including phenoxy) is 1. The van der Waals surface area contributed by atoms with Crippen molar-refractivity contribution >= 4 is 51.3 Å². The van der Waals surface area contributed by atoms with Gasteiger partial charge in [0, 0.05) is 19.1 Å². The van der Waals surface area contributed by atoms with Gasteiger partial charge in [-0.05, 0) is 64.9 Å². The maximum atomic E-state index is 13.6. The van der Waals surface area contributed by atoms with Gasteiger partial charge in [-0.1, -0.05) is 6.07 Å². The molecule has 0 unspecified atom stereocenters. The molecule has 1 saturated heterocycles. The molecular weight excluding hydrogens is 492 g/mol. The average Bonchev–Trinajstić information content (AvgIpc) is 3.41. The van der Waals surface area contributed by atoms with E-state index < -0.39 is 0 Å². The first-order valence-corrected chi connectivity index (χ1v) is 13.0. The van der Waals surface area contributed by atoms with E-state index in [0.29, 0.717) is 31.4 Å². The largest absolute Gasteiger partial charge is 0.496 e. The fourth-order valence-corrected chi connectivity index (χ4v) is 6.18. The van der Waals surface area contributed by atoms with E-state index in [1.54, 1.807) is 12.0 Å². The van der Waals surface area contributed by atoms with E-state index in [2.05, 4.69) is 31.1 Å². The van der Waals surface area contributed by atoms with Crippen LogP contribution in [-0.4, -0.2) is 70.6 Å². The lowest BCUT2D eigenvalue weighted by atomic mass is 10.1. The van der Waals surface area contributed by atoms with Gasteiger partial charge in [0.1, 0.15) is 5.75 Å². The van der Waals surface area contributed by atoms with Crippen molar-refractivity contribution in [2.24, 2.45) is 4.99 Å². The van der Waals surface area contributed by atoms with Crippen LogP contribution < -0.4 is 15.0 Å². The third-order valence-corrected chi connectivity index (χ3v) is 7.81. The Kier molecular flexibility index (Phi) is 6.07. The number of halogens is 1. The van der Waals surface area contributed by atoms with Crippen LogP contribution in [0.3, 0.4) is 0 Å². The maximum Gasteiger partial charge on any atom is 0.281 e. The summed E-state index contributed by atoms with van der Waals surface area (Å²) in [4.78, 5) is 27.0. The zero-order chi connectivity index (χ0) is 22.2. The SMILES string of the molecule is CCN1C(=O)c2c(nc(NC3CCSCC3)n2Cc2ccc(OC)c(Br)c2)N2CCN=C12. The lowest BCUT2D eigenvalue weighted by Crippen LogP contribution is -2.50. The topological polar surface area (TPSA) is 75.0 Å². The van der Waals surface area contributed by atoms with Gasteiger partial charge in [0.2, 0.25) is 11.9 Å². The van der Waals surface area contributed by atoms with Crippen LogP contribution in [-0.2, 0) is 6.54 Å². The minimum atomic E-state index is -0.0354. The Morgan fingerprint density at radius 3 is 2.84 bits per heavy atom. The summed E-state index contributed by atoms with van der Waals surface area (Å²) in [6, 6.07) is 6.38. The summed E-state index contributed by atoms with van der Waals surface area (Å²) in [7, 11) is 1.66. The van der Waals surface area contributed by atoms with Crippen molar-refractivity contribution in [3.8, 4) is 5.75 Å². The van der Waals surface area contributed by atoms with Gasteiger partial charge in [0.05, 0.1) is 24.7 Å². The number of anilines is 2. The normalized spacial score (nSPS) is 18.5. The molecule has 3 aliphatic heterocycles. The number of carbonyl (C=O) groups is 1. The molecule has 32 heavy (non-hydrogen) atoms. The van der Waals surface area contributed by atoms with Crippen LogP contribution in [0, 0.1) is 0 Å². The number of amides is 1. The smallest absolute Gasteiger partial charge is 0.281 e. The van der Waals surface area contributed by atoms with Crippen molar-refractivity contribution in [3.63, 3.8) is 0 Å². The quantitative estimate of drug-likeness (QED) is 0.628. The molecule has 4 heterocycles. The lowest BCUT2D eigenvalue weighted by Gasteiger charge is -2.32. The minimum Gasteiger partial charge on any atom is -0.496 e. The van der Waals surface area contributed by atoms with E-state index in [4.69, 9.17) is 9.72 Å². The van der Waals surface area contributed by atoms with Gasteiger partial charge in [-0.3, -0.25) is 24.2 Å². The van der Waals surface area contributed by atoms with E-state index in [0.717, 1.165) is 64.4 Å². The van der Waals surface area contributed by atoms with Crippen LogP contribution in [0.15, 0.2) is 27.7 Å². The number of benzene rings is 1. The van der Waals surface area contributed by atoms with E-state index in [1.807, 2.05) is 41.5 Å². The number of aliphatic imine (C=N–C) groups is 1. The summed E-state index contributed by atoms with van der Waals surface area (Å²) >= 11 is 5.58. The van der Waals surface area contributed by atoms with Crippen LogP contribution in [0.5, 0.6) is 5.75 Å². The molecule has 8 nitrogen and oxygen atoms in total. The van der Waals surface area contributed by atoms with Crippen LogP contribution in [0.1, 0.15) is 35.8 Å². The van der Waals surface area contributed by atoms with E-state index >= 15 is 0 Å². The zero-order valence-corrected chi connectivity index (χ0v) is 20.7. The monoisotopic (exact) mass is 518 g/mol. The van der Waals surface area contributed by atoms with Crippen molar-refractivity contribution in [1.82, 2.24) is 14.5 Å². The molecule has 0 atom stereocenters. The molecule has 0 radical (unpaired) electrons. The molecule has 10 heteroatoms. The lowest BCUT2D eigenvalue weighted by molar-refractivity contribution is 0.0836. The highest BCUT2D eigenvalue weighted by Crippen LogP contribution is 2.35. The Morgan fingerprint density at radius 1 is 1.31 bits per heavy atom. The number of fused-ring (bicyclic) bond motifs is 3. The van der Waals surface area contributed by atoms with Gasteiger partial charge in [0.15, 0.2) is 11.5 Å². The molecule has 2 aromatic rings. The van der Waals surface area contributed by atoms with Gasteiger partial charge in [-0.25, -0.2) is 0 Å². The molecule has 0 saturated carbocycles. The van der Waals surface area contributed by atoms with Crippen molar-refractivity contribution in [2.45, 2.75) is 32.4 Å². The summed E-state index contributed by atoms with van der Waals surface area (Å²) in [6.07, 6.45) is 2.20. The summed E-state index contributed by atoms with van der Waals surface area (Å²) in [5.41, 5.74) is 1.70. The minimum absolute atomic E-state index is 0.0354. The zero-order valence-electron chi connectivity index (χ0n) is 18.3. The number of nitrogens with zero attached hydrogens (tertiary/aromatic N) is 5. The molecule has 0 aliphatic carbocycles. The molecule has 5 rings (SSSR count). The van der Waals surface area contributed by atoms with Crippen molar-refractivity contribution in [2.75, 3.05) is 48.5 Å². The summed E-state index contributed by atoms with van der Waals surface area (Å²) in [5, 5.41) is 3.66. The number of nitrogens with one attached hydrogen (secondary N) is 1. The Balaban J connectivity index is 1.58. The Morgan fingerprint density at radius 2 is 2.12 bits per heavy atom. The highest BCUT2D eigenvalue weighted by molar-refractivity contribution is 9.10. The Labute approximate surface area is 200 Å². The van der Waals surface area contributed by atoms with Gasteiger partial charge < -0.3 is 10.1 Å². The molecule has 1 aromatic carbocycles. The number of guanidine groups is 1. The van der Waals surface area contributed by atoms with Crippen LogP contribution in [0.4, 0.5) is 11.8 Å². The summed E-state index contributed by atoms with van der Waals surface area (Å²) in [5.74, 6) is 5.25.